The third-order valence-corrected chi connectivity index (χ3v) is 6.20. The fourth-order valence-corrected chi connectivity index (χ4v) is 3.92. The normalized spacial score (nSPS) is 12.6. The van der Waals surface area contributed by atoms with Crippen LogP contribution in [0.3, 0.4) is 0 Å². The first kappa shape index (κ1) is 35.1. The minimum absolute atomic E-state index is 0.0764. The molecule has 5 heteroatoms. The molecule has 0 heterocycles. The number of aliphatic hydroxyl groups excluding tert-OH is 1. The molecule has 1 atom stereocenters. The van der Waals surface area contributed by atoms with Crippen molar-refractivity contribution in [2.75, 3.05) is 13.2 Å². The van der Waals surface area contributed by atoms with Crippen molar-refractivity contribution in [1.82, 2.24) is 0 Å². The first-order chi connectivity index (χ1) is 18.1. The fraction of sp³-hybridized carbons (Fsp3) is 0.750. The van der Waals surface area contributed by atoms with Gasteiger partial charge in [0.1, 0.15) is 6.61 Å². The van der Waals surface area contributed by atoms with E-state index in [-0.39, 0.29) is 25.2 Å². The molecule has 0 amide bonds. The average molecular weight is 521 g/mol. The van der Waals surface area contributed by atoms with Crippen molar-refractivity contribution >= 4 is 11.9 Å². The number of ether oxygens (including phenoxy) is 2. The summed E-state index contributed by atoms with van der Waals surface area (Å²) < 4.78 is 10.5. The Labute approximate surface area is 227 Å². The van der Waals surface area contributed by atoms with E-state index in [2.05, 4.69) is 50.3 Å². The van der Waals surface area contributed by atoms with Crippen LogP contribution in [0, 0.1) is 0 Å². The molecule has 0 aromatic carbocycles. The first-order valence-electron chi connectivity index (χ1n) is 15.0. The van der Waals surface area contributed by atoms with Crippen LogP contribution < -0.4 is 0 Å². The van der Waals surface area contributed by atoms with E-state index in [9.17, 15) is 14.7 Å². The van der Waals surface area contributed by atoms with E-state index in [4.69, 9.17) is 9.47 Å². The molecule has 5 nitrogen and oxygen atoms in total. The Hall–Kier alpha value is -1.88. The number of allylic oxidation sites excluding steroid dienone is 6. The van der Waals surface area contributed by atoms with Crippen molar-refractivity contribution in [3.05, 3.63) is 36.5 Å². The highest BCUT2D eigenvalue weighted by Crippen LogP contribution is 2.12. The van der Waals surface area contributed by atoms with E-state index in [1.54, 1.807) is 0 Å². The van der Waals surface area contributed by atoms with Gasteiger partial charge in [0.05, 0.1) is 6.61 Å². The Morgan fingerprint density at radius 3 is 1.76 bits per heavy atom. The van der Waals surface area contributed by atoms with Crippen molar-refractivity contribution in [2.45, 2.75) is 142 Å². The number of hydrogen-bond acceptors (Lipinski definition) is 5. The van der Waals surface area contributed by atoms with Crippen molar-refractivity contribution in [1.29, 1.82) is 0 Å². The maximum atomic E-state index is 12.0. The summed E-state index contributed by atoms with van der Waals surface area (Å²) in [4.78, 5) is 24.0. The van der Waals surface area contributed by atoms with Gasteiger partial charge in [-0.1, -0.05) is 115 Å². The van der Waals surface area contributed by atoms with Crippen LogP contribution >= 0.6 is 0 Å². The van der Waals surface area contributed by atoms with Gasteiger partial charge >= 0.3 is 11.9 Å². The molecule has 214 valence electrons. The van der Waals surface area contributed by atoms with Gasteiger partial charge in [-0.3, -0.25) is 9.59 Å². The third kappa shape index (κ3) is 27.0. The van der Waals surface area contributed by atoms with Gasteiger partial charge in [0.2, 0.25) is 0 Å². The summed E-state index contributed by atoms with van der Waals surface area (Å²) >= 11 is 0. The van der Waals surface area contributed by atoms with E-state index in [1.807, 2.05) is 0 Å². The number of carbonyl (C=O) groups excluding carboxylic acids is 2. The number of rotatable bonds is 26. The molecule has 0 saturated carbocycles. The lowest BCUT2D eigenvalue weighted by Crippen LogP contribution is -2.28. The highest BCUT2D eigenvalue weighted by Gasteiger charge is 2.16. The summed E-state index contributed by atoms with van der Waals surface area (Å²) in [6.07, 6.45) is 31.9. The van der Waals surface area contributed by atoms with Gasteiger partial charge in [-0.15, -0.1) is 0 Å². The third-order valence-electron chi connectivity index (χ3n) is 6.20. The molecule has 0 aliphatic heterocycles. The van der Waals surface area contributed by atoms with Crippen LogP contribution in [0.2, 0.25) is 0 Å². The monoisotopic (exact) mass is 520 g/mol. The van der Waals surface area contributed by atoms with Crippen molar-refractivity contribution < 1.29 is 24.2 Å². The second-order valence-electron chi connectivity index (χ2n) is 9.80. The molecule has 0 bridgehead atoms. The van der Waals surface area contributed by atoms with Gasteiger partial charge in [-0.25, -0.2) is 0 Å². The topological polar surface area (TPSA) is 72.8 Å². The summed E-state index contributed by atoms with van der Waals surface area (Å²) in [5, 5.41) is 9.45. The number of hydrogen-bond donors (Lipinski definition) is 1. The molecule has 0 fully saturated rings. The number of esters is 2. The van der Waals surface area contributed by atoms with Crippen LogP contribution in [0.4, 0.5) is 0 Å². The van der Waals surface area contributed by atoms with E-state index in [0.717, 1.165) is 64.2 Å². The predicted molar refractivity (Wildman–Crippen MR) is 154 cm³/mol. The highest BCUT2D eigenvalue weighted by atomic mass is 16.6. The van der Waals surface area contributed by atoms with Gasteiger partial charge in [0.15, 0.2) is 6.10 Å². The molecule has 37 heavy (non-hydrogen) atoms. The summed E-state index contributed by atoms with van der Waals surface area (Å²) in [7, 11) is 0. The molecule has 0 rings (SSSR count). The zero-order valence-electron chi connectivity index (χ0n) is 24.0. The van der Waals surface area contributed by atoms with E-state index >= 15 is 0 Å². The smallest absolute Gasteiger partial charge is 0.306 e. The molecule has 1 unspecified atom stereocenters. The molecular formula is C32H56O5. The molecule has 0 spiro atoms. The lowest BCUT2D eigenvalue weighted by atomic mass is 10.1. The summed E-state index contributed by atoms with van der Waals surface area (Å²) in [6.45, 7) is 3.95. The van der Waals surface area contributed by atoms with Crippen molar-refractivity contribution in [2.24, 2.45) is 0 Å². The van der Waals surface area contributed by atoms with Gasteiger partial charge < -0.3 is 14.6 Å². The van der Waals surface area contributed by atoms with Gasteiger partial charge in [0.25, 0.3) is 0 Å². The summed E-state index contributed by atoms with van der Waals surface area (Å²) in [5.41, 5.74) is 0. The Morgan fingerprint density at radius 1 is 0.649 bits per heavy atom. The van der Waals surface area contributed by atoms with Crippen LogP contribution in [0.5, 0.6) is 0 Å². The zero-order chi connectivity index (χ0) is 27.2. The SMILES string of the molecule is CC/C=C\C/C=C\C/C=C\CCCCCC(=O)OC(CO)COC(=O)CCCCCCCCCCCC. The molecule has 0 saturated heterocycles. The first-order valence-corrected chi connectivity index (χ1v) is 15.0. The van der Waals surface area contributed by atoms with E-state index < -0.39 is 6.10 Å². The van der Waals surface area contributed by atoms with Crippen LogP contribution in [0.15, 0.2) is 36.5 Å². The van der Waals surface area contributed by atoms with Crippen LogP contribution in [0.25, 0.3) is 0 Å². The van der Waals surface area contributed by atoms with E-state index in [0.29, 0.717) is 12.8 Å². The minimum atomic E-state index is -0.780. The average Bonchev–Trinajstić information content (AvgIpc) is 2.90. The molecule has 0 aliphatic rings. The maximum absolute atomic E-state index is 12.0. The van der Waals surface area contributed by atoms with Crippen LogP contribution in [-0.4, -0.2) is 36.4 Å². The quantitative estimate of drug-likeness (QED) is 0.0702. The van der Waals surface area contributed by atoms with Gasteiger partial charge in [-0.05, 0) is 44.9 Å². The minimum Gasteiger partial charge on any atom is -0.462 e. The molecule has 0 aromatic heterocycles. The van der Waals surface area contributed by atoms with Crippen LogP contribution in [-0.2, 0) is 19.1 Å². The standard InChI is InChI=1S/C32H56O5/c1-3-5-7-9-11-13-15-16-17-19-21-23-25-27-32(35)37-30(28-33)29-36-31(34)26-24-22-20-18-14-12-10-8-6-4-2/h5,7,11,13,16-17,30,33H,3-4,6,8-10,12,14-15,18-29H2,1-2H3/b7-5-,13-11-,17-16-. The fourth-order valence-electron chi connectivity index (χ4n) is 3.92. The molecular weight excluding hydrogens is 464 g/mol. The lowest BCUT2D eigenvalue weighted by Gasteiger charge is -2.15. The highest BCUT2D eigenvalue weighted by molar-refractivity contribution is 5.70. The Kier molecular flexibility index (Phi) is 27.2. The Bertz CT molecular complexity index is 608. The number of unbranched alkanes of at least 4 members (excludes halogenated alkanes) is 12. The second-order valence-corrected chi connectivity index (χ2v) is 9.80. The lowest BCUT2D eigenvalue weighted by molar-refractivity contribution is -0.161. The zero-order valence-corrected chi connectivity index (χ0v) is 24.0. The molecule has 0 radical (unpaired) electrons. The summed E-state index contributed by atoms with van der Waals surface area (Å²) in [5.74, 6) is -0.631. The second kappa shape index (κ2) is 28.7. The largest absolute Gasteiger partial charge is 0.462 e. The van der Waals surface area contributed by atoms with Gasteiger partial charge in [-0.2, -0.15) is 0 Å². The Balaban J connectivity index is 3.68. The van der Waals surface area contributed by atoms with Crippen LogP contribution in [0.1, 0.15) is 136 Å². The van der Waals surface area contributed by atoms with E-state index in [1.165, 1.54) is 44.9 Å². The molecule has 1 N–H and O–H groups in total. The Morgan fingerprint density at radius 2 is 1.16 bits per heavy atom. The number of aliphatic hydroxyl groups is 1. The van der Waals surface area contributed by atoms with Crippen molar-refractivity contribution in [3.8, 4) is 0 Å². The molecule has 0 aliphatic carbocycles. The number of carbonyl (C=O) groups is 2. The summed E-state index contributed by atoms with van der Waals surface area (Å²) in [6, 6.07) is 0. The van der Waals surface area contributed by atoms with Gasteiger partial charge in [0, 0.05) is 12.8 Å². The molecule has 0 aromatic rings. The predicted octanol–water partition coefficient (Wildman–Crippen LogP) is 8.55. The maximum Gasteiger partial charge on any atom is 0.306 e. The van der Waals surface area contributed by atoms with Crippen molar-refractivity contribution in [3.63, 3.8) is 0 Å².